The predicted octanol–water partition coefficient (Wildman–Crippen LogP) is 1.59. The van der Waals surface area contributed by atoms with Crippen molar-refractivity contribution in [3.63, 3.8) is 0 Å². The first kappa shape index (κ1) is 21.5. The van der Waals surface area contributed by atoms with Gasteiger partial charge in [-0.25, -0.2) is 21.9 Å². The molecular formula is C19H21FN2O5S. The molecule has 0 aromatic heterocycles. The molecule has 0 atom stereocenters. The van der Waals surface area contributed by atoms with Crippen LogP contribution >= 0.6 is 0 Å². The zero-order valence-corrected chi connectivity index (χ0v) is 16.3. The van der Waals surface area contributed by atoms with Crippen LogP contribution in [0.5, 0.6) is 0 Å². The van der Waals surface area contributed by atoms with Gasteiger partial charge in [0.05, 0.1) is 10.5 Å². The summed E-state index contributed by atoms with van der Waals surface area (Å²) in [6.45, 7) is -0.289. The largest absolute Gasteiger partial charge is 0.452 e. The average Bonchev–Trinajstić information content (AvgIpc) is 2.67. The summed E-state index contributed by atoms with van der Waals surface area (Å²) in [6, 6.07) is 11.5. The minimum absolute atomic E-state index is 0.0416. The summed E-state index contributed by atoms with van der Waals surface area (Å²) in [5.74, 6) is -1.61. The molecule has 7 nitrogen and oxygen atoms in total. The first-order chi connectivity index (χ1) is 13.2. The molecule has 0 fully saturated rings. The summed E-state index contributed by atoms with van der Waals surface area (Å²) in [7, 11) is -0.781. The van der Waals surface area contributed by atoms with Crippen molar-refractivity contribution in [3.8, 4) is 0 Å². The van der Waals surface area contributed by atoms with Crippen LogP contribution in [0, 0.1) is 5.82 Å². The summed E-state index contributed by atoms with van der Waals surface area (Å²) >= 11 is 0. The number of carbonyl (C=O) groups is 2. The van der Waals surface area contributed by atoms with Crippen molar-refractivity contribution in [2.75, 3.05) is 27.2 Å². The summed E-state index contributed by atoms with van der Waals surface area (Å²) in [5.41, 5.74) is 0.601. The lowest BCUT2D eigenvalue weighted by molar-refractivity contribution is -0.124. The monoisotopic (exact) mass is 408 g/mol. The molecule has 2 aromatic rings. The lowest BCUT2D eigenvalue weighted by Crippen LogP contribution is -2.30. The van der Waals surface area contributed by atoms with E-state index >= 15 is 0 Å². The third-order valence-corrected chi connectivity index (χ3v) is 5.71. The number of hydrogen-bond donors (Lipinski definition) is 1. The van der Waals surface area contributed by atoms with E-state index in [1.807, 2.05) is 0 Å². The smallest absolute Gasteiger partial charge is 0.338 e. The predicted molar refractivity (Wildman–Crippen MR) is 101 cm³/mol. The topological polar surface area (TPSA) is 92.8 Å². The molecule has 1 N–H and O–H groups in total. The maximum absolute atomic E-state index is 13.5. The van der Waals surface area contributed by atoms with Gasteiger partial charge in [0, 0.05) is 20.6 Å². The summed E-state index contributed by atoms with van der Waals surface area (Å²) < 4.78 is 43.4. The molecule has 0 aliphatic carbocycles. The van der Waals surface area contributed by atoms with Crippen molar-refractivity contribution in [2.24, 2.45) is 0 Å². The van der Waals surface area contributed by atoms with Gasteiger partial charge >= 0.3 is 5.97 Å². The molecule has 0 saturated heterocycles. The molecular weight excluding hydrogens is 387 g/mol. The van der Waals surface area contributed by atoms with Crippen molar-refractivity contribution in [2.45, 2.75) is 11.3 Å². The van der Waals surface area contributed by atoms with E-state index in [1.54, 1.807) is 18.2 Å². The fourth-order valence-electron chi connectivity index (χ4n) is 2.28. The van der Waals surface area contributed by atoms with Gasteiger partial charge in [-0.15, -0.1) is 0 Å². The van der Waals surface area contributed by atoms with E-state index in [0.717, 1.165) is 4.31 Å². The summed E-state index contributed by atoms with van der Waals surface area (Å²) in [6.07, 6.45) is 0.314. The maximum atomic E-state index is 13.5. The maximum Gasteiger partial charge on any atom is 0.338 e. The zero-order valence-electron chi connectivity index (χ0n) is 15.5. The van der Waals surface area contributed by atoms with Gasteiger partial charge in [-0.2, -0.15) is 0 Å². The van der Waals surface area contributed by atoms with E-state index in [1.165, 1.54) is 44.4 Å². The van der Waals surface area contributed by atoms with Crippen LogP contribution in [0.4, 0.5) is 4.39 Å². The van der Waals surface area contributed by atoms with Crippen molar-refractivity contribution in [1.82, 2.24) is 9.62 Å². The number of benzene rings is 2. The lowest BCUT2D eigenvalue weighted by atomic mass is 10.1. The molecule has 0 bridgehead atoms. The third-order valence-electron chi connectivity index (χ3n) is 3.88. The van der Waals surface area contributed by atoms with E-state index in [9.17, 15) is 22.4 Å². The normalized spacial score (nSPS) is 11.3. The van der Waals surface area contributed by atoms with Crippen LogP contribution in [-0.4, -0.2) is 51.8 Å². The molecule has 1 amide bonds. The number of nitrogens with one attached hydrogen (secondary N) is 1. The second-order valence-electron chi connectivity index (χ2n) is 6.08. The van der Waals surface area contributed by atoms with Gasteiger partial charge in [-0.3, -0.25) is 4.79 Å². The lowest BCUT2D eigenvalue weighted by Gasteiger charge is -2.11. The zero-order chi connectivity index (χ0) is 20.7. The number of amides is 1. The highest BCUT2D eigenvalue weighted by Gasteiger charge is 2.18. The molecule has 0 radical (unpaired) electrons. The van der Waals surface area contributed by atoms with E-state index in [-0.39, 0.29) is 22.8 Å². The van der Waals surface area contributed by atoms with Crippen LogP contribution in [0.3, 0.4) is 0 Å². The van der Waals surface area contributed by atoms with E-state index < -0.39 is 28.5 Å². The van der Waals surface area contributed by atoms with Crippen LogP contribution in [-0.2, 0) is 26.0 Å². The molecule has 0 aliphatic heterocycles. The van der Waals surface area contributed by atoms with Crippen molar-refractivity contribution in [1.29, 1.82) is 0 Å². The van der Waals surface area contributed by atoms with Gasteiger partial charge < -0.3 is 10.1 Å². The molecule has 150 valence electrons. The Morgan fingerprint density at radius 2 is 1.71 bits per heavy atom. The molecule has 9 heteroatoms. The minimum atomic E-state index is -3.59. The van der Waals surface area contributed by atoms with E-state index in [4.69, 9.17) is 4.74 Å². The fraction of sp³-hybridized carbons (Fsp3) is 0.263. The van der Waals surface area contributed by atoms with Crippen LogP contribution in [0.1, 0.15) is 15.9 Å². The number of halogens is 1. The highest BCUT2D eigenvalue weighted by atomic mass is 32.2. The number of ether oxygens (including phenoxy) is 1. The van der Waals surface area contributed by atoms with Gasteiger partial charge in [0.2, 0.25) is 10.0 Å². The Morgan fingerprint density at radius 1 is 1.07 bits per heavy atom. The highest BCUT2D eigenvalue weighted by Crippen LogP contribution is 2.14. The van der Waals surface area contributed by atoms with Crippen LogP contribution < -0.4 is 5.32 Å². The first-order valence-corrected chi connectivity index (χ1v) is 9.85. The van der Waals surface area contributed by atoms with Crippen molar-refractivity contribution < 1.29 is 27.1 Å². The molecule has 2 rings (SSSR count). The van der Waals surface area contributed by atoms with Crippen molar-refractivity contribution in [3.05, 3.63) is 65.5 Å². The SMILES string of the molecule is CN(C)S(=O)(=O)c1ccc(C(=O)OCC(=O)NCCc2ccccc2F)cc1. The number of carbonyl (C=O) groups excluding carboxylic acids is 2. The number of rotatable bonds is 8. The number of nitrogens with zero attached hydrogens (tertiary/aromatic N) is 1. The highest BCUT2D eigenvalue weighted by molar-refractivity contribution is 7.89. The number of hydrogen-bond acceptors (Lipinski definition) is 5. The van der Waals surface area contributed by atoms with Gasteiger partial charge in [0.15, 0.2) is 6.61 Å². The second kappa shape index (κ2) is 9.43. The van der Waals surface area contributed by atoms with E-state index in [0.29, 0.717) is 12.0 Å². The molecule has 0 aliphatic rings. The average molecular weight is 408 g/mol. The Morgan fingerprint density at radius 3 is 2.32 bits per heavy atom. The molecule has 0 unspecified atom stereocenters. The quantitative estimate of drug-likeness (QED) is 0.670. The summed E-state index contributed by atoms with van der Waals surface area (Å²) in [4.78, 5) is 23.8. The van der Waals surface area contributed by atoms with Crippen LogP contribution in [0.25, 0.3) is 0 Å². The molecule has 0 saturated carbocycles. The Kier molecular flexibility index (Phi) is 7.24. The van der Waals surface area contributed by atoms with Crippen molar-refractivity contribution >= 4 is 21.9 Å². The first-order valence-electron chi connectivity index (χ1n) is 8.41. The third kappa shape index (κ3) is 5.61. The second-order valence-corrected chi connectivity index (χ2v) is 8.23. The van der Waals surface area contributed by atoms with Gasteiger partial charge in [-0.1, -0.05) is 18.2 Å². The Hall–Kier alpha value is -2.78. The minimum Gasteiger partial charge on any atom is -0.452 e. The Balaban J connectivity index is 1.81. The number of sulfonamides is 1. The fourth-order valence-corrected chi connectivity index (χ4v) is 3.18. The molecule has 0 heterocycles. The van der Waals surface area contributed by atoms with Gasteiger partial charge in [0.1, 0.15) is 5.82 Å². The van der Waals surface area contributed by atoms with Gasteiger partial charge in [-0.05, 0) is 42.3 Å². The Labute approximate surface area is 163 Å². The Bertz CT molecular complexity index is 943. The number of esters is 1. The standard InChI is InChI=1S/C19H21FN2O5S/c1-22(2)28(25,26)16-9-7-15(8-10-16)19(24)27-13-18(23)21-12-11-14-5-3-4-6-17(14)20/h3-10H,11-13H2,1-2H3,(H,21,23). The van der Waals surface area contributed by atoms with Crippen LogP contribution in [0.15, 0.2) is 53.4 Å². The molecule has 2 aromatic carbocycles. The summed E-state index contributed by atoms with van der Waals surface area (Å²) in [5, 5.41) is 2.54. The molecule has 0 spiro atoms. The van der Waals surface area contributed by atoms with Gasteiger partial charge in [0.25, 0.3) is 5.91 Å². The molecule has 28 heavy (non-hydrogen) atoms. The van der Waals surface area contributed by atoms with E-state index in [2.05, 4.69) is 5.32 Å². The van der Waals surface area contributed by atoms with Crippen LogP contribution in [0.2, 0.25) is 0 Å².